The summed E-state index contributed by atoms with van der Waals surface area (Å²) in [4.78, 5) is 12.8. The number of rotatable bonds is 3. The summed E-state index contributed by atoms with van der Waals surface area (Å²) in [5.74, 6) is -0.793. The van der Waals surface area contributed by atoms with Crippen LogP contribution in [-0.2, 0) is 14.8 Å². The monoisotopic (exact) mass is 391 g/mol. The number of carbonyl (C=O) groups excluding carboxylic acids is 1. The second-order valence-electron chi connectivity index (χ2n) is 6.76. The number of para-hydroxylation sites is 1. The van der Waals surface area contributed by atoms with E-state index in [0.717, 1.165) is 3.97 Å². The van der Waals surface area contributed by atoms with Gasteiger partial charge in [-0.15, -0.1) is 0 Å². The van der Waals surface area contributed by atoms with Crippen LogP contribution in [0.4, 0.5) is 0 Å². The van der Waals surface area contributed by atoms with E-state index in [2.05, 4.69) is 0 Å². The maximum atomic E-state index is 13.2. The van der Waals surface area contributed by atoms with Crippen LogP contribution < -0.4 is 0 Å². The molecule has 5 nitrogen and oxygen atoms in total. The molecule has 26 heavy (non-hydrogen) atoms. The van der Waals surface area contributed by atoms with E-state index in [0.29, 0.717) is 10.9 Å². The van der Waals surface area contributed by atoms with E-state index in [1.165, 1.54) is 12.1 Å². The smallest absolute Gasteiger partial charge is 0.358 e. The Morgan fingerprint density at radius 2 is 1.58 bits per heavy atom. The Kier molecular flexibility index (Phi) is 4.58. The Bertz CT molecular complexity index is 1080. The molecule has 0 N–H and O–H groups in total. The molecule has 0 fully saturated rings. The number of halogens is 1. The van der Waals surface area contributed by atoms with E-state index in [1.54, 1.807) is 63.2 Å². The number of carbonyl (C=O) groups is 1. The standard InChI is InChI=1S/C19H18ClNO4S/c1-19(2,3)25-18(22)17-16(20)14-11-7-8-12-15(14)21(17)26(23,24)13-9-5-4-6-10-13/h4-12H,1-3H3. The van der Waals surface area contributed by atoms with Crippen LogP contribution in [0.25, 0.3) is 10.9 Å². The predicted molar refractivity (Wildman–Crippen MR) is 101 cm³/mol. The third-order valence-corrected chi connectivity index (χ3v) is 5.75. The number of benzene rings is 2. The molecular weight excluding hydrogens is 374 g/mol. The highest BCUT2D eigenvalue weighted by Gasteiger charge is 2.32. The van der Waals surface area contributed by atoms with Crippen LogP contribution in [0.5, 0.6) is 0 Å². The average Bonchev–Trinajstić information content (AvgIpc) is 2.88. The van der Waals surface area contributed by atoms with E-state index < -0.39 is 21.6 Å². The van der Waals surface area contributed by atoms with Crippen molar-refractivity contribution in [1.82, 2.24) is 3.97 Å². The summed E-state index contributed by atoms with van der Waals surface area (Å²) in [5, 5.41) is 0.517. The molecule has 1 heterocycles. The van der Waals surface area contributed by atoms with Gasteiger partial charge in [-0.25, -0.2) is 17.2 Å². The van der Waals surface area contributed by atoms with Crippen LogP contribution in [0.3, 0.4) is 0 Å². The van der Waals surface area contributed by atoms with E-state index in [4.69, 9.17) is 16.3 Å². The highest BCUT2D eigenvalue weighted by Crippen LogP contribution is 2.34. The van der Waals surface area contributed by atoms with Crippen LogP contribution in [-0.4, -0.2) is 24.0 Å². The Balaban J connectivity index is 2.34. The number of hydrogen-bond acceptors (Lipinski definition) is 4. The van der Waals surface area contributed by atoms with Crippen molar-refractivity contribution in [3.8, 4) is 0 Å². The quantitative estimate of drug-likeness (QED) is 0.617. The van der Waals surface area contributed by atoms with Gasteiger partial charge in [0.1, 0.15) is 5.60 Å². The minimum Gasteiger partial charge on any atom is -0.455 e. The van der Waals surface area contributed by atoms with Crippen LogP contribution in [0, 0.1) is 0 Å². The van der Waals surface area contributed by atoms with Crippen molar-refractivity contribution < 1.29 is 17.9 Å². The highest BCUT2D eigenvalue weighted by atomic mass is 35.5. The molecule has 0 spiro atoms. The predicted octanol–water partition coefficient (Wildman–Crippen LogP) is 4.49. The molecule has 0 aliphatic heterocycles. The Morgan fingerprint density at radius 3 is 2.19 bits per heavy atom. The maximum absolute atomic E-state index is 13.2. The minimum atomic E-state index is -4.04. The van der Waals surface area contributed by atoms with Gasteiger partial charge < -0.3 is 4.74 Å². The van der Waals surface area contributed by atoms with Gasteiger partial charge in [0.05, 0.1) is 15.4 Å². The van der Waals surface area contributed by atoms with Gasteiger partial charge in [0.25, 0.3) is 10.0 Å². The summed E-state index contributed by atoms with van der Waals surface area (Å²) in [7, 11) is -4.04. The Labute approximate surface area is 157 Å². The van der Waals surface area contributed by atoms with Gasteiger partial charge in [-0.2, -0.15) is 0 Å². The molecule has 1 aromatic heterocycles. The zero-order valence-corrected chi connectivity index (χ0v) is 16.1. The summed E-state index contributed by atoms with van der Waals surface area (Å²) in [6.45, 7) is 5.12. The molecule has 0 amide bonds. The molecule has 0 bridgehead atoms. The van der Waals surface area contributed by atoms with Gasteiger partial charge in [0.15, 0.2) is 5.69 Å². The second-order valence-corrected chi connectivity index (χ2v) is 8.93. The molecule has 3 rings (SSSR count). The van der Waals surface area contributed by atoms with Gasteiger partial charge >= 0.3 is 5.97 Å². The maximum Gasteiger partial charge on any atom is 0.358 e. The lowest BCUT2D eigenvalue weighted by Crippen LogP contribution is -2.27. The third kappa shape index (κ3) is 3.22. The van der Waals surface area contributed by atoms with Crippen LogP contribution in [0.15, 0.2) is 59.5 Å². The number of nitrogens with zero attached hydrogens (tertiary/aromatic N) is 1. The first-order chi connectivity index (χ1) is 12.1. The number of hydrogen-bond donors (Lipinski definition) is 0. The number of esters is 1. The number of fused-ring (bicyclic) bond motifs is 1. The fraction of sp³-hybridized carbons (Fsp3) is 0.211. The average molecular weight is 392 g/mol. The summed E-state index contributed by atoms with van der Waals surface area (Å²) in [5.41, 5.74) is -0.674. The molecule has 0 saturated heterocycles. The van der Waals surface area contributed by atoms with Gasteiger partial charge in [-0.1, -0.05) is 48.0 Å². The molecule has 0 aliphatic rings. The first-order valence-electron chi connectivity index (χ1n) is 7.96. The Hall–Kier alpha value is -2.31. The minimum absolute atomic E-state index is 0.0503. The van der Waals surface area contributed by atoms with Gasteiger partial charge in [0.2, 0.25) is 0 Å². The van der Waals surface area contributed by atoms with E-state index in [1.807, 2.05) is 0 Å². The zero-order chi connectivity index (χ0) is 19.1. The normalized spacial score (nSPS) is 12.3. The van der Waals surface area contributed by atoms with Crippen molar-refractivity contribution in [2.75, 3.05) is 0 Å². The molecule has 136 valence electrons. The van der Waals surface area contributed by atoms with Crippen LogP contribution in [0.2, 0.25) is 5.02 Å². The van der Waals surface area contributed by atoms with Crippen molar-refractivity contribution in [3.05, 3.63) is 65.3 Å². The van der Waals surface area contributed by atoms with E-state index in [-0.39, 0.29) is 15.6 Å². The molecule has 0 saturated carbocycles. The van der Waals surface area contributed by atoms with Gasteiger partial charge in [0, 0.05) is 5.39 Å². The lowest BCUT2D eigenvalue weighted by molar-refractivity contribution is 0.00622. The number of aromatic nitrogens is 1. The van der Waals surface area contributed by atoms with Crippen molar-refractivity contribution in [1.29, 1.82) is 0 Å². The fourth-order valence-corrected chi connectivity index (χ4v) is 4.53. The lowest BCUT2D eigenvalue weighted by Gasteiger charge is -2.20. The molecule has 0 aliphatic carbocycles. The third-order valence-electron chi connectivity index (χ3n) is 3.64. The summed E-state index contributed by atoms with van der Waals surface area (Å²) >= 11 is 6.39. The van der Waals surface area contributed by atoms with Crippen LogP contribution >= 0.6 is 11.6 Å². The molecule has 3 aromatic rings. The van der Waals surface area contributed by atoms with E-state index >= 15 is 0 Å². The van der Waals surface area contributed by atoms with E-state index in [9.17, 15) is 13.2 Å². The molecule has 0 atom stereocenters. The number of ether oxygens (including phenoxy) is 1. The summed E-state index contributed by atoms with van der Waals surface area (Å²) < 4.78 is 32.9. The van der Waals surface area contributed by atoms with Gasteiger partial charge in [-0.05, 0) is 39.0 Å². The first-order valence-corrected chi connectivity index (χ1v) is 9.77. The topological polar surface area (TPSA) is 65.4 Å². The lowest BCUT2D eigenvalue weighted by atomic mass is 10.2. The fourth-order valence-electron chi connectivity index (χ4n) is 2.62. The Morgan fingerprint density at radius 1 is 1.00 bits per heavy atom. The molecule has 7 heteroatoms. The summed E-state index contributed by atoms with van der Waals surface area (Å²) in [6, 6.07) is 14.6. The van der Waals surface area contributed by atoms with Crippen molar-refractivity contribution in [2.24, 2.45) is 0 Å². The van der Waals surface area contributed by atoms with Gasteiger partial charge in [-0.3, -0.25) is 0 Å². The molecule has 0 radical (unpaired) electrons. The highest BCUT2D eigenvalue weighted by molar-refractivity contribution is 7.90. The molecule has 2 aromatic carbocycles. The first kappa shape index (κ1) is 18.5. The van der Waals surface area contributed by atoms with Crippen LogP contribution in [0.1, 0.15) is 31.3 Å². The molecular formula is C19H18ClNO4S. The largest absolute Gasteiger partial charge is 0.455 e. The zero-order valence-electron chi connectivity index (χ0n) is 14.6. The van der Waals surface area contributed by atoms with Crippen molar-refractivity contribution >= 4 is 38.5 Å². The SMILES string of the molecule is CC(C)(C)OC(=O)c1c(Cl)c2ccccc2n1S(=O)(=O)c1ccccc1. The van der Waals surface area contributed by atoms with Crippen molar-refractivity contribution in [3.63, 3.8) is 0 Å². The molecule has 0 unspecified atom stereocenters. The van der Waals surface area contributed by atoms with Crippen molar-refractivity contribution in [2.45, 2.75) is 31.3 Å². The second kappa shape index (κ2) is 6.45. The summed E-state index contributed by atoms with van der Waals surface area (Å²) in [6.07, 6.45) is 0.